The Labute approximate surface area is 141 Å². The number of nitro benzene ring substituents is 1. The van der Waals surface area contributed by atoms with Crippen LogP contribution in [0.1, 0.15) is 16.7 Å². The molecular formula is C18H22N4O2. The molecule has 1 aromatic heterocycles. The number of aryl methyl sites for hydroxylation is 1. The summed E-state index contributed by atoms with van der Waals surface area (Å²) in [7, 11) is 0. The molecule has 0 atom stereocenters. The van der Waals surface area contributed by atoms with E-state index in [1.54, 1.807) is 12.1 Å². The van der Waals surface area contributed by atoms with Gasteiger partial charge in [0.25, 0.3) is 5.69 Å². The first-order valence-corrected chi connectivity index (χ1v) is 8.19. The van der Waals surface area contributed by atoms with E-state index in [4.69, 9.17) is 0 Å². The van der Waals surface area contributed by atoms with E-state index in [0.29, 0.717) is 0 Å². The highest BCUT2D eigenvalue weighted by atomic mass is 16.6. The van der Waals surface area contributed by atoms with E-state index < -0.39 is 0 Å². The van der Waals surface area contributed by atoms with Crippen LogP contribution in [0.25, 0.3) is 0 Å². The fourth-order valence-corrected chi connectivity index (χ4v) is 3.05. The van der Waals surface area contributed by atoms with Gasteiger partial charge in [0.15, 0.2) is 0 Å². The van der Waals surface area contributed by atoms with Gasteiger partial charge in [-0.2, -0.15) is 0 Å². The molecule has 1 aromatic carbocycles. The summed E-state index contributed by atoms with van der Waals surface area (Å²) in [6.45, 7) is 7.94. The summed E-state index contributed by atoms with van der Waals surface area (Å²) in [5.41, 5.74) is 3.73. The number of benzene rings is 1. The van der Waals surface area contributed by atoms with Gasteiger partial charge in [0.05, 0.1) is 4.92 Å². The Balaban J connectivity index is 1.49. The van der Waals surface area contributed by atoms with Crippen LogP contribution in [0.15, 0.2) is 42.7 Å². The lowest BCUT2D eigenvalue weighted by Gasteiger charge is -2.34. The Morgan fingerprint density at radius 2 is 1.58 bits per heavy atom. The molecule has 0 radical (unpaired) electrons. The summed E-state index contributed by atoms with van der Waals surface area (Å²) < 4.78 is 0. The minimum atomic E-state index is -0.358. The van der Waals surface area contributed by atoms with Gasteiger partial charge in [-0.1, -0.05) is 18.2 Å². The first-order chi connectivity index (χ1) is 11.6. The summed E-state index contributed by atoms with van der Waals surface area (Å²) in [6, 6.07) is 9.05. The van der Waals surface area contributed by atoms with Crippen molar-refractivity contribution in [3.63, 3.8) is 0 Å². The Hall–Kier alpha value is -2.31. The molecule has 0 spiro atoms. The van der Waals surface area contributed by atoms with Gasteiger partial charge < -0.3 is 0 Å². The summed E-state index contributed by atoms with van der Waals surface area (Å²) >= 11 is 0. The normalized spacial score (nSPS) is 16.2. The van der Waals surface area contributed by atoms with Crippen LogP contribution in [0.5, 0.6) is 0 Å². The van der Waals surface area contributed by atoms with Crippen LogP contribution in [0.2, 0.25) is 0 Å². The maximum Gasteiger partial charge on any atom is 0.269 e. The Morgan fingerprint density at radius 1 is 1.00 bits per heavy atom. The molecule has 24 heavy (non-hydrogen) atoms. The third kappa shape index (κ3) is 4.37. The SMILES string of the molecule is Cc1cncc(CN2CCN(Cc3ccc([N+](=O)[O-])cc3)CC2)c1. The van der Waals surface area contributed by atoms with Crippen molar-refractivity contribution in [3.8, 4) is 0 Å². The monoisotopic (exact) mass is 326 g/mol. The number of pyridine rings is 1. The largest absolute Gasteiger partial charge is 0.297 e. The van der Waals surface area contributed by atoms with Crippen LogP contribution in [-0.2, 0) is 13.1 Å². The van der Waals surface area contributed by atoms with Crippen LogP contribution in [0, 0.1) is 17.0 Å². The zero-order valence-electron chi connectivity index (χ0n) is 13.9. The Bertz CT molecular complexity index is 694. The van der Waals surface area contributed by atoms with Crippen molar-refractivity contribution in [1.82, 2.24) is 14.8 Å². The second-order valence-corrected chi connectivity index (χ2v) is 6.35. The van der Waals surface area contributed by atoms with Gasteiger partial charge in [-0.25, -0.2) is 0 Å². The Kier molecular flexibility index (Phi) is 5.17. The summed E-state index contributed by atoms with van der Waals surface area (Å²) in [5, 5.41) is 10.7. The number of hydrogen-bond acceptors (Lipinski definition) is 5. The Morgan fingerprint density at radius 3 is 2.12 bits per heavy atom. The van der Waals surface area contributed by atoms with Gasteiger partial charge in [0.1, 0.15) is 0 Å². The molecule has 1 aliphatic heterocycles. The molecule has 126 valence electrons. The van der Waals surface area contributed by atoms with Crippen molar-refractivity contribution >= 4 is 5.69 Å². The zero-order valence-corrected chi connectivity index (χ0v) is 13.9. The van der Waals surface area contributed by atoms with Gasteiger partial charge in [-0.05, 0) is 23.6 Å². The van der Waals surface area contributed by atoms with E-state index in [2.05, 4.69) is 27.8 Å². The minimum Gasteiger partial charge on any atom is -0.297 e. The van der Waals surface area contributed by atoms with Crippen LogP contribution < -0.4 is 0 Å². The van der Waals surface area contributed by atoms with Crippen LogP contribution in [-0.4, -0.2) is 45.9 Å². The molecule has 2 heterocycles. The lowest BCUT2D eigenvalue weighted by Crippen LogP contribution is -2.45. The maximum absolute atomic E-state index is 10.7. The second kappa shape index (κ2) is 7.51. The summed E-state index contributed by atoms with van der Waals surface area (Å²) in [6.07, 6.45) is 3.82. The van der Waals surface area contributed by atoms with E-state index in [9.17, 15) is 10.1 Å². The van der Waals surface area contributed by atoms with Gasteiger partial charge in [0, 0.05) is 63.8 Å². The molecule has 0 bridgehead atoms. The number of nitro groups is 1. The summed E-state index contributed by atoms with van der Waals surface area (Å²) in [4.78, 5) is 19.4. The first-order valence-electron chi connectivity index (χ1n) is 8.19. The first kappa shape index (κ1) is 16.5. The number of piperazine rings is 1. The third-order valence-electron chi connectivity index (χ3n) is 4.36. The topological polar surface area (TPSA) is 62.5 Å². The van der Waals surface area contributed by atoms with Crippen molar-refractivity contribution in [2.75, 3.05) is 26.2 Å². The smallest absolute Gasteiger partial charge is 0.269 e. The number of rotatable bonds is 5. The third-order valence-corrected chi connectivity index (χ3v) is 4.36. The fourth-order valence-electron chi connectivity index (χ4n) is 3.05. The molecule has 1 aliphatic rings. The molecule has 0 amide bonds. The average Bonchev–Trinajstić information content (AvgIpc) is 2.57. The van der Waals surface area contributed by atoms with Crippen molar-refractivity contribution in [1.29, 1.82) is 0 Å². The van der Waals surface area contributed by atoms with Crippen molar-refractivity contribution in [2.24, 2.45) is 0 Å². The molecular weight excluding hydrogens is 304 g/mol. The van der Waals surface area contributed by atoms with E-state index in [0.717, 1.165) is 44.8 Å². The molecule has 0 unspecified atom stereocenters. The predicted molar refractivity (Wildman–Crippen MR) is 92.6 cm³/mol. The molecule has 6 nitrogen and oxygen atoms in total. The highest BCUT2D eigenvalue weighted by molar-refractivity contribution is 5.32. The average molecular weight is 326 g/mol. The number of non-ortho nitro benzene ring substituents is 1. The molecule has 1 saturated heterocycles. The van der Waals surface area contributed by atoms with Gasteiger partial charge in [-0.15, -0.1) is 0 Å². The molecule has 6 heteroatoms. The maximum atomic E-state index is 10.7. The fraction of sp³-hybridized carbons (Fsp3) is 0.389. The lowest BCUT2D eigenvalue weighted by molar-refractivity contribution is -0.384. The van der Waals surface area contributed by atoms with Crippen molar-refractivity contribution < 1.29 is 4.92 Å². The summed E-state index contributed by atoms with van der Waals surface area (Å²) in [5.74, 6) is 0. The lowest BCUT2D eigenvalue weighted by atomic mass is 10.1. The second-order valence-electron chi connectivity index (χ2n) is 6.35. The zero-order chi connectivity index (χ0) is 16.9. The molecule has 0 N–H and O–H groups in total. The van der Waals surface area contributed by atoms with Gasteiger partial charge >= 0.3 is 0 Å². The highest BCUT2D eigenvalue weighted by Gasteiger charge is 2.17. The van der Waals surface area contributed by atoms with E-state index in [1.165, 1.54) is 11.1 Å². The van der Waals surface area contributed by atoms with E-state index in [1.807, 2.05) is 24.5 Å². The molecule has 1 fully saturated rings. The van der Waals surface area contributed by atoms with Gasteiger partial charge in [0.2, 0.25) is 0 Å². The molecule has 3 rings (SSSR count). The standard InChI is InChI=1S/C18H22N4O2/c1-15-10-17(12-19-11-15)14-21-8-6-20(7-9-21)13-16-2-4-18(5-3-16)22(23)24/h2-5,10-12H,6-9,13-14H2,1H3. The van der Waals surface area contributed by atoms with Crippen LogP contribution >= 0.6 is 0 Å². The van der Waals surface area contributed by atoms with Crippen molar-refractivity contribution in [2.45, 2.75) is 20.0 Å². The van der Waals surface area contributed by atoms with Gasteiger partial charge in [-0.3, -0.25) is 24.9 Å². The van der Waals surface area contributed by atoms with E-state index in [-0.39, 0.29) is 10.6 Å². The van der Waals surface area contributed by atoms with Crippen LogP contribution in [0.3, 0.4) is 0 Å². The quantitative estimate of drug-likeness (QED) is 0.624. The molecule has 2 aromatic rings. The number of aromatic nitrogens is 1. The number of hydrogen-bond donors (Lipinski definition) is 0. The number of nitrogens with zero attached hydrogens (tertiary/aromatic N) is 4. The van der Waals surface area contributed by atoms with Crippen LogP contribution in [0.4, 0.5) is 5.69 Å². The molecule has 0 saturated carbocycles. The van der Waals surface area contributed by atoms with Crippen molar-refractivity contribution in [3.05, 3.63) is 69.5 Å². The highest BCUT2D eigenvalue weighted by Crippen LogP contribution is 2.15. The van der Waals surface area contributed by atoms with E-state index >= 15 is 0 Å². The predicted octanol–water partition coefficient (Wildman–Crippen LogP) is 2.62. The molecule has 0 aliphatic carbocycles. The minimum absolute atomic E-state index is 0.148.